The fraction of sp³-hybridized carbons (Fsp3) is 0.500. The zero-order chi connectivity index (χ0) is 15.9. The highest BCUT2D eigenvalue weighted by Gasteiger charge is 2.28. The Labute approximate surface area is 139 Å². The van der Waals surface area contributed by atoms with Crippen LogP contribution in [0, 0.1) is 0 Å². The molecular formula is C16H21NO3S2. The van der Waals surface area contributed by atoms with Crippen LogP contribution in [0.15, 0.2) is 30.3 Å². The molecule has 1 aliphatic rings. The topological polar surface area (TPSA) is 57.6 Å². The summed E-state index contributed by atoms with van der Waals surface area (Å²) >= 11 is 3.68. The first-order chi connectivity index (χ1) is 10.6. The summed E-state index contributed by atoms with van der Waals surface area (Å²) in [5.74, 6) is 2.14. The van der Waals surface area contributed by atoms with Gasteiger partial charge in [-0.3, -0.25) is 4.79 Å². The second kappa shape index (κ2) is 8.48. The van der Waals surface area contributed by atoms with Gasteiger partial charge in [0.2, 0.25) is 5.91 Å². The lowest BCUT2D eigenvalue weighted by Gasteiger charge is -2.28. The summed E-state index contributed by atoms with van der Waals surface area (Å²) in [7, 11) is 1.60. The first-order valence-electron chi connectivity index (χ1n) is 7.29. The SMILES string of the molecule is CN(C(=O)CC1CSCCS1)C(Cc1ccccc1)C(=O)O. The number of carboxylic acids is 1. The molecule has 1 aliphatic heterocycles. The van der Waals surface area contributed by atoms with E-state index >= 15 is 0 Å². The Morgan fingerprint density at radius 1 is 1.32 bits per heavy atom. The Morgan fingerprint density at radius 2 is 2.05 bits per heavy atom. The van der Waals surface area contributed by atoms with Crippen LogP contribution in [0.2, 0.25) is 0 Å². The maximum absolute atomic E-state index is 12.4. The van der Waals surface area contributed by atoms with Crippen molar-refractivity contribution in [3.63, 3.8) is 0 Å². The van der Waals surface area contributed by atoms with Gasteiger partial charge in [0, 0.05) is 42.4 Å². The van der Waals surface area contributed by atoms with Crippen LogP contribution in [0.25, 0.3) is 0 Å². The molecule has 1 heterocycles. The second-order valence-corrected chi connectivity index (χ2v) is 7.88. The zero-order valence-corrected chi connectivity index (χ0v) is 14.2. The number of nitrogens with zero attached hydrogens (tertiary/aromatic N) is 1. The predicted molar refractivity (Wildman–Crippen MR) is 92.5 cm³/mol. The molecular weight excluding hydrogens is 318 g/mol. The Hall–Kier alpha value is -1.14. The van der Waals surface area contributed by atoms with Gasteiger partial charge in [-0.05, 0) is 5.56 Å². The van der Waals surface area contributed by atoms with Gasteiger partial charge >= 0.3 is 5.97 Å². The van der Waals surface area contributed by atoms with E-state index in [0.29, 0.717) is 18.1 Å². The van der Waals surface area contributed by atoms with E-state index < -0.39 is 12.0 Å². The van der Waals surface area contributed by atoms with Crippen molar-refractivity contribution in [3.05, 3.63) is 35.9 Å². The van der Waals surface area contributed by atoms with Crippen LogP contribution in [0.4, 0.5) is 0 Å². The maximum Gasteiger partial charge on any atom is 0.326 e. The summed E-state index contributed by atoms with van der Waals surface area (Å²) in [5, 5.41) is 9.76. The average molecular weight is 339 g/mol. The molecule has 0 saturated carbocycles. The van der Waals surface area contributed by atoms with Crippen molar-refractivity contribution in [2.45, 2.75) is 24.1 Å². The molecule has 0 aliphatic carbocycles. The molecule has 4 nitrogen and oxygen atoms in total. The van der Waals surface area contributed by atoms with Crippen LogP contribution in [0.3, 0.4) is 0 Å². The van der Waals surface area contributed by atoms with Crippen LogP contribution in [0.1, 0.15) is 12.0 Å². The highest BCUT2D eigenvalue weighted by atomic mass is 32.2. The molecule has 1 N–H and O–H groups in total. The number of carboxylic acid groups (broad SMARTS) is 1. The number of rotatable bonds is 6. The number of hydrogen-bond donors (Lipinski definition) is 1. The molecule has 0 spiro atoms. The Morgan fingerprint density at radius 3 is 2.64 bits per heavy atom. The zero-order valence-electron chi connectivity index (χ0n) is 12.6. The minimum Gasteiger partial charge on any atom is -0.480 e. The van der Waals surface area contributed by atoms with E-state index in [9.17, 15) is 14.7 Å². The number of carbonyl (C=O) groups excluding carboxylic acids is 1. The molecule has 0 aromatic heterocycles. The molecule has 1 aromatic rings. The number of benzene rings is 1. The lowest BCUT2D eigenvalue weighted by atomic mass is 10.0. The van der Waals surface area contributed by atoms with Gasteiger partial charge in [0.1, 0.15) is 6.04 Å². The first kappa shape index (κ1) is 17.2. The minimum absolute atomic E-state index is 0.0802. The third-order valence-electron chi connectivity index (χ3n) is 3.71. The average Bonchev–Trinajstić information content (AvgIpc) is 2.53. The summed E-state index contributed by atoms with van der Waals surface area (Å²) in [4.78, 5) is 25.3. The van der Waals surface area contributed by atoms with Gasteiger partial charge in [-0.2, -0.15) is 23.5 Å². The van der Waals surface area contributed by atoms with E-state index in [2.05, 4.69) is 0 Å². The molecule has 0 radical (unpaired) electrons. The molecule has 2 atom stereocenters. The molecule has 1 fully saturated rings. The number of carbonyl (C=O) groups is 2. The number of amides is 1. The Kier molecular flexibility index (Phi) is 6.64. The van der Waals surface area contributed by atoms with Gasteiger partial charge in [-0.15, -0.1) is 0 Å². The van der Waals surface area contributed by atoms with Crippen LogP contribution in [-0.2, 0) is 16.0 Å². The number of likely N-dealkylation sites (N-methyl/N-ethyl adjacent to an activating group) is 1. The third kappa shape index (κ3) is 4.95. The van der Waals surface area contributed by atoms with Crippen molar-refractivity contribution in [1.29, 1.82) is 0 Å². The number of aliphatic carboxylic acids is 1. The van der Waals surface area contributed by atoms with Gasteiger partial charge in [-0.25, -0.2) is 4.79 Å². The number of hydrogen-bond acceptors (Lipinski definition) is 4. The third-order valence-corrected chi connectivity index (χ3v) is 6.55. The number of thioether (sulfide) groups is 2. The molecule has 22 heavy (non-hydrogen) atoms. The van der Waals surface area contributed by atoms with Crippen LogP contribution in [-0.4, -0.2) is 57.5 Å². The standard InChI is InChI=1S/C16H21NO3S2/c1-17(15(18)10-13-11-21-7-8-22-13)14(16(19)20)9-12-5-3-2-4-6-12/h2-6,13-14H,7-11H2,1H3,(H,19,20). The van der Waals surface area contributed by atoms with E-state index in [1.54, 1.807) is 7.05 Å². The van der Waals surface area contributed by atoms with E-state index in [0.717, 1.165) is 22.8 Å². The molecule has 0 bridgehead atoms. The fourth-order valence-electron chi connectivity index (χ4n) is 2.39. The van der Waals surface area contributed by atoms with Gasteiger partial charge in [0.25, 0.3) is 0 Å². The minimum atomic E-state index is -0.953. The highest BCUT2D eigenvalue weighted by molar-refractivity contribution is 8.06. The molecule has 6 heteroatoms. The molecule has 2 unspecified atom stereocenters. The quantitative estimate of drug-likeness (QED) is 0.862. The lowest BCUT2D eigenvalue weighted by Crippen LogP contribution is -2.44. The fourth-order valence-corrected chi connectivity index (χ4v) is 5.07. The first-order valence-corrected chi connectivity index (χ1v) is 9.50. The monoisotopic (exact) mass is 339 g/mol. The summed E-state index contributed by atoms with van der Waals surface area (Å²) in [6, 6.07) is 8.63. The van der Waals surface area contributed by atoms with Crippen LogP contribution < -0.4 is 0 Å². The summed E-state index contributed by atoms with van der Waals surface area (Å²) < 4.78 is 0. The van der Waals surface area contributed by atoms with Crippen molar-refractivity contribution in [2.75, 3.05) is 24.3 Å². The van der Waals surface area contributed by atoms with Gasteiger partial charge in [0.15, 0.2) is 0 Å². The van der Waals surface area contributed by atoms with Gasteiger partial charge < -0.3 is 10.0 Å². The van der Waals surface area contributed by atoms with Crippen molar-refractivity contribution in [1.82, 2.24) is 4.90 Å². The van der Waals surface area contributed by atoms with E-state index in [4.69, 9.17) is 0 Å². The predicted octanol–water partition coefficient (Wildman–Crippen LogP) is 2.38. The highest BCUT2D eigenvalue weighted by Crippen LogP contribution is 2.27. The van der Waals surface area contributed by atoms with Crippen molar-refractivity contribution < 1.29 is 14.7 Å². The van der Waals surface area contributed by atoms with E-state index in [-0.39, 0.29) is 5.91 Å². The summed E-state index contributed by atoms with van der Waals surface area (Å²) in [5.41, 5.74) is 0.928. The normalized spacial score (nSPS) is 19.4. The largest absolute Gasteiger partial charge is 0.480 e. The molecule has 1 amide bonds. The Balaban J connectivity index is 1.97. The molecule has 2 rings (SSSR count). The maximum atomic E-state index is 12.4. The lowest BCUT2D eigenvalue weighted by molar-refractivity contribution is -0.148. The van der Waals surface area contributed by atoms with Crippen molar-refractivity contribution in [2.24, 2.45) is 0 Å². The van der Waals surface area contributed by atoms with E-state index in [1.165, 1.54) is 4.90 Å². The smallest absolute Gasteiger partial charge is 0.326 e. The van der Waals surface area contributed by atoms with Crippen LogP contribution in [0.5, 0.6) is 0 Å². The Bertz CT molecular complexity index is 503. The van der Waals surface area contributed by atoms with Gasteiger partial charge in [0.05, 0.1) is 0 Å². The van der Waals surface area contributed by atoms with Crippen molar-refractivity contribution >= 4 is 35.4 Å². The van der Waals surface area contributed by atoms with Crippen molar-refractivity contribution in [3.8, 4) is 0 Å². The van der Waals surface area contributed by atoms with Gasteiger partial charge in [-0.1, -0.05) is 30.3 Å². The molecule has 1 saturated heterocycles. The molecule has 1 aromatic carbocycles. The van der Waals surface area contributed by atoms with Crippen LogP contribution >= 0.6 is 23.5 Å². The molecule has 120 valence electrons. The summed E-state index contributed by atoms with van der Waals surface area (Å²) in [6.07, 6.45) is 0.762. The second-order valence-electron chi connectivity index (χ2n) is 5.32. The van der Waals surface area contributed by atoms with E-state index in [1.807, 2.05) is 53.9 Å². The summed E-state index contributed by atoms with van der Waals surface area (Å²) in [6.45, 7) is 0.